The Balaban J connectivity index is 1.97. The third-order valence-corrected chi connectivity index (χ3v) is 3.32. The number of aliphatic carboxylic acids is 1. The first-order valence-corrected chi connectivity index (χ1v) is 6.06. The van der Waals surface area contributed by atoms with Gasteiger partial charge in [0.05, 0.1) is 5.92 Å². The van der Waals surface area contributed by atoms with Gasteiger partial charge in [0, 0.05) is 25.7 Å². The van der Waals surface area contributed by atoms with E-state index in [2.05, 4.69) is 5.32 Å². The van der Waals surface area contributed by atoms with Crippen LogP contribution in [0.3, 0.4) is 0 Å². The second kappa shape index (κ2) is 5.71. The van der Waals surface area contributed by atoms with Crippen LogP contribution in [0.2, 0.25) is 0 Å². The lowest BCUT2D eigenvalue weighted by Crippen LogP contribution is -2.39. The maximum Gasteiger partial charge on any atom is 0.407 e. The summed E-state index contributed by atoms with van der Waals surface area (Å²) in [5.74, 6) is -1.66. The number of amides is 1. The van der Waals surface area contributed by atoms with Crippen molar-refractivity contribution in [3.05, 3.63) is 35.9 Å². The van der Waals surface area contributed by atoms with E-state index < -0.39 is 18.0 Å². The molecule has 0 spiro atoms. The Labute approximate surface area is 110 Å². The van der Waals surface area contributed by atoms with E-state index in [1.807, 2.05) is 30.3 Å². The lowest BCUT2D eigenvalue weighted by Gasteiger charge is -2.16. The second-order valence-electron chi connectivity index (χ2n) is 4.61. The molecule has 1 aromatic carbocycles. The summed E-state index contributed by atoms with van der Waals surface area (Å²) in [6.07, 6.45) is -1.07. The molecule has 0 saturated carbocycles. The minimum absolute atomic E-state index is 0.0388. The van der Waals surface area contributed by atoms with Crippen LogP contribution in [0.25, 0.3) is 0 Å². The van der Waals surface area contributed by atoms with E-state index in [-0.39, 0.29) is 19.1 Å². The third-order valence-electron chi connectivity index (χ3n) is 3.32. The Bertz CT molecular complexity index is 463. The number of nitrogens with one attached hydrogen (secondary N) is 1. The van der Waals surface area contributed by atoms with Crippen molar-refractivity contribution in [2.75, 3.05) is 13.1 Å². The molecular weight excluding hydrogens is 248 g/mol. The highest BCUT2D eigenvalue weighted by Crippen LogP contribution is 2.18. The number of carboxylic acids is 1. The van der Waals surface area contributed by atoms with Crippen molar-refractivity contribution in [1.29, 1.82) is 0 Å². The normalized spacial score (nSPS) is 22.4. The minimum Gasteiger partial charge on any atom is -0.481 e. The van der Waals surface area contributed by atoms with Gasteiger partial charge in [-0.05, 0) is 5.56 Å². The van der Waals surface area contributed by atoms with E-state index in [1.54, 1.807) is 0 Å². The molecule has 1 aliphatic rings. The molecule has 6 heteroatoms. The van der Waals surface area contributed by atoms with Gasteiger partial charge in [-0.3, -0.25) is 4.79 Å². The standard InChI is InChI=1S/C13H16N2O4/c16-12(17)10-7-15(13(18)19)8-11(10)14-6-9-4-2-1-3-5-9/h1-5,10-11,14H,6-8H2,(H,16,17)(H,18,19)/t10-,11-/m1/s1. The van der Waals surface area contributed by atoms with Gasteiger partial charge < -0.3 is 20.4 Å². The summed E-state index contributed by atoms with van der Waals surface area (Å²) in [5.41, 5.74) is 1.04. The lowest BCUT2D eigenvalue weighted by molar-refractivity contribution is -0.141. The Morgan fingerprint density at radius 1 is 1.21 bits per heavy atom. The highest BCUT2D eigenvalue weighted by atomic mass is 16.4. The smallest absolute Gasteiger partial charge is 0.407 e. The molecule has 0 unspecified atom stereocenters. The van der Waals surface area contributed by atoms with Crippen molar-refractivity contribution in [3.63, 3.8) is 0 Å². The van der Waals surface area contributed by atoms with Gasteiger partial charge in [-0.1, -0.05) is 30.3 Å². The summed E-state index contributed by atoms with van der Waals surface area (Å²) in [4.78, 5) is 23.2. The van der Waals surface area contributed by atoms with Gasteiger partial charge in [0.15, 0.2) is 0 Å². The van der Waals surface area contributed by atoms with Crippen LogP contribution >= 0.6 is 0 Å². The molecule has 1 amide bonds. The maximum absolute atomic E-state index is 11.1. The average Bonchev–Trinajstić information content (AvgIpc) is 2.82. The summed E-state index contributed by atoms with van der Waals surface area (Å²) in [7, 11) is 0. The summed E-state index contributed by atoms with van der Waals surface area (Å²) in [5, 5.41) is 21.2. The molecule has 2 atom stereocenters. The molecule has 0 aromatic heterocycles. The van der Waals surface area contributed by atoms with Gasteiger partial charge in [0.2, 0.25) is 0 Å². The molecule has 19 heavy (non-hydrogen) atoms. The molecule has 3 N–H and O–H groups in total. The minimum atomic E-state index is -1.07. The van der Waals surface area contributed by atoms with E-state index in [1.165, 1.54) is 0 Å². The first kappa shape index (κ1) is 13.4. The van der Waals surface area contributed by atoms with Crippen molar-refractivity contribution in [2.45, 2.75) is 12.6 Å². The highest BCUT2D eigenvalue weighted by Gasteiger charge is 2.39. The van der Waals surface area contributed by atoms with Crippen molar-refractivity contribution in [3.8, 4) is 0 Å². The fourth-order valence-corrected chi connectivity index (χ4v) is 2.26. The molecule has 6 nitrogen and oxygen atoms in total. The van der Waals surface area contributed by atoms with Crippen LogP contribution in [-0.4, -0.2) is 46.3 Å². The number of carbonyl (C=O) groups is 2. The SMILES string of the molecule is O=C(O)[C@@H]1CN(C(=O)O)C[C@H]1NCc1ccccc1. The predicted molar refractivity (Wildman–Crippen MR) is 67.8 cm³/mol. The summed E-state index contributed by atoms with van der Waals surface area (Å²) < 4.78 is 0. The number of benzene rings is 1. The quantitative estimate of drug-likeness (QED) is 0.749. The van der Waals surface area contributed by atoms with Gasteiger partial charge in [0.1, 0.15) is 0 Å². The number of hydrogen-bond acceptors (Lipinski definition) is 3. The van der Waals surface area contributed by atoms with Crippen molar-refractivity contribution >= 4 is 12.1 Å². The van der Waals surface area contributed by atoms with Crippen molar-refractivity contribution in [2.24, 2.45) is 5.92 Å². The van der Waals surface area contributed by atoms with Gasteiger partial charge in [-0.15, -0.1) is 0 Å². The zero-order chi connectivity index (χ0) is 13.8. The summed E-state index contributed by atoms with van der Waals surface area (Å²) >= 11 is 0. The number of carboxylic acid groups (broad SMARTS) is 2. The molecule has 102 valence electrons. The summed E-state index contributed by atoms with van der Waals surface area (Å²) in [6.45, 7) is 0.777. The van der Waals surface area contributed by atoms with Crippen LogP contribution in [0.4, 0.5) is 4.79 Å². The Kier molecular flexibility index (Phi) is 4.01. The first-order chi connectivity index (χ1) is 9.08. The van der Waals surface area contributed by atoms with Gasteiger partial charge in [-0.25, -0.2) is 4.79 Å². The van der Waals surface area contributed by atoms with Gasteiger partial charge in [-0.2, -0.15) is 0 Å². The number of hydrogen-bond donors (Lipinski definition) is 3. The van der Waals surface area contributed by atoms with Crippen molar-refractivity contribution in [1.82, 2.24) is 10.2 Å². The predicted octanol–water partition coefficient (Wildman–Crippen LogP) is 0.839. The highest BCUT2D eigenvalue weighted by molar-refractivity contribution is 5.74. The molecule has 0 bridgehead atoms. The fraction of sp³-hybridized carbons (Fsp3) is 0.385. The number of likely N-dealkylation sites (tertiary alicyclic amines) is 1. The Hall–Kier alpha value is -2.08. The van der Waals surface area contributed by atoms with Crippen LogP contribution in [0.1, 0.15) is 5.56 Å². The van der Waals surface area contributed by atoms with Crippen LogP contribution < -0.4 is 5.32 Å². The average molecular weight is 264 g/mol. The molecule has 1 heterocycles. The van der Waals surface area contributed by atoms with Crippen LogP contribution in [0, 0.1) is 5.92 Å². The molecule has 1 aromatic rings. The summed E-state index contributed by atoms with van der Waals surface area (Å²) in [6, 6.07) is 9.24. The zero-order valence-corrected chi connectivity index (χ0v) is 10.3. The largest absolute Gasteiger partial charge is 0.481 e. The number of rotatable bonds is 4. The molecule has 0 radical (unpaired) electrons. The van der Waals surface area contributed by atoms with E-state index in [0.29, 0.717) is 6.54 Å². The van der Waals surface area contributed by atoms with E-state index in [9.17, 15) is 9.59 Å². The molecule has 1 saturated heterocycles. The molecule has 1 aliphatic heterocycles. The topological polar surface area (TPSA) is 89.9 Å². The fourth-order valence-electron chi connectivity index (χ4n) is 2.26. The van der Waals surface area contributed by atoms with Crippen LogP contribution in [-0.2, 0) is 11.3 Å². The zero-order valence-electron chi connectivity index (χ0n) is 10.3. The van der Waals surface area contributed by atoms with Gasteiger partial charge in [0.25, 0.3) is 0 Å². The Morgan fingerprint density at radius 3 is 2.47 bits per heavy atom. The molecule has 2 rings (SSSR count). The van der Waals surface area contributed by atoms with Gasteiger partial charge >= 0.3 is 12.1 Å². The van der Waals surface area contributed by atoms with Crippen LogP contribution in [0.15, 0.2) is 30.3 Å². The molecule has 0 aliphatic carbocycles. The maximum atomic E-state index is 11.1. The van der Waals surface area contributed by atoms with Crippen LogP contribution in [0.5, 0.6) is 0 Å². The second-order valence-corrected chi connectivity index (χ2v) is 4.61. The van der Waals surface area contributed by atoms with E-state index in [4.69, 9.17) is 10.2 Å². The molecular formula is C13H16N2O4. The number of nitrogens with zero attached hydrogens (tertiary/aromatic N) is 1. The lowest BCUT2D eigenvalue weighted by atomic mass is 10.0. The monoisotopic (exact) mass is 264 g/mol. The molecule has 1 fully saturated rings. The third kappa shape index (κ3) is 3.23. The Morgan fingerprint density at radius 2 is 1.89 bits per heavy atom. The van der Waals surface area contributed by atoms with E-state index in [0.717, 1.165) is 10.5 Å². The van der Waals surface area contributed by atoms with E-state index >= 15 is 0 Å². The first-order valence-electron chi connectivity index (χ1n) is 6.06. The van der Waals surface area contributed by atoms with Crippen molar-refractivity contribution < 1.29 is 19.8 Å².